The first kappa shape index (κ1) is 13.2. The van der Waals surface area contributed by atoms with Gasteiger partial charge in [-0.15, -0.1) is 0 Å². The smallest absolute Gasteiger partial charge is 0.0600 e. The molecule has 1 saturated heterocycles. The minimum Gasteiger partial charge on any atom is -0.397 e. The molecule has 0 aromatic heterocycles. The summed E-state index contributed by atoms with van der Waals surface area (Å²) in [4.78, 5) is 7.15. The monoisotopic (exact) mass is 248 g/mol. The minimum atomic E-state index is 0.888. The highest BCUT2D eigenvalue weighted by molar-refractivity contribution is 5.67. The molecule has 1 aromatic carbocycles. The Morgan fingerprint density at radius 3 is 2.39 bits per heavy atom. The van der Waals surface area contributed by atoms with Gasteiger partial charge in [0.25, 0.3) is 0 Å². The first-order valence-corrected chi connectivity index (χ1v) is 6.63. The third-order valence-corrected chi connectivity index (χ3v) is 3.51. The zero-order valence-electron chi connectivity index (χ0n) is 11.5. The molecule has 0 bridgehead atoms. The van der Waals surface area contributed by atoms with Crippen LogP contribution in [-0.4, -0.2) is 63.2 Å². The summed E-state index contributed by atoms with van der Waals surface area (Å²) in [6, 6.07) is 8.15. The van der Waals surface area contributed by atoms with E-state index in [4.69, 9.17) is 5.73 Å². The molecule has 100 valence electrons. The van der Waals surface area contributed by atoms with Crippen LogP contribution in [0.2, 0.25) is 0 Å². The second-order valence-corrected chi connectivity index (χ2v) is 5.19. The fourth-order valence-electron chi connectivity index (χ4n) is 2.33. The third-order valence-electron chi connectivity index (χ3n) is 3.51. The van der Waals surface area contributed by atoms with Crippen LogP contribution >= 0.6 is 0 Å². The molecule has 0 spiro atoms. The molecule has 0 unspecified atom stereocenters. The van der Waals surface area contributed by atoms with Gasteiger partial charge in [0.15, 0.2) is 0 Å². The lowest BCUT2D eigenvalue weighted by molar-refractivity contribution is 0.229. The van der Waals surface area contributed by atoms with Crippen LogP contribution in [0.3, 0.4) is 0 Å². The van der Waals surface area contributed by atoms with E-state index in [9.17, 15) is 0 Å². The van der Waals surface area contributed by atoms with Crippen molar-refractivity contribution in [1.29, 1.82) is 0 Å². The highest BCUT2D eigenvalue weighted by Gasteiger charge is 2.17. The molecule has 1 fully saturated rings. The third kappa shape index (κ3) is 3.37. The summed E-state index contributed by atoms with van der Waals surface area (Å²) >= 11 is 0. The van der Waals surface area contributed by atoms with Crippen LogP contribution in [0.5, 0.6) is 0 Å². The Morgan fingerprint density at radius 2 is 1.78 bits per heavy atom. The molecule has 4 nitrogen and oxygen atoms in total. The SMILES string of the molecule is CN(C)CCN1CCN(c2ccccc2N)CC1. The standard InChI is InChI=1S/C14H24N4/c1-16(2)7-8-17-9-11-18(12-10-17)14-6-4-3-5-13(14)15/h3-6H,7-12,15H2,1-2H3. The van der Waals surface area contributed by atoms with Crippen molar-refractivity contribution in [3.8, 4) is 0 Å². The number of benzene rings is 1. The average Bonchev–Trinajstić information content (AvgIpc) is 2.38. The zero-order valence-corrected chi connectivity index (χ0v) is 11.5. The number of nitrogen functional groups attached to an aromatic ring is 1. The predicted octanol–water partition coefficient (Wildman–Crippen LogP) is 0.952. The minimum absolute atomic E-state index is 0.888. The van der Waals surface area contributed by atoms with Gasteiger partial charge in [-0.25, -0.2) is 0 Å². The Hall–Kier alpha value is -1.26. The van der Waals surface area contributed by atoms with Crippen molar-refractivity contribution in [3.63, 3.8) is 0 Å². The van der Waals surface area contributed by atoms with Crippen molar-refractivity contribution < 1.29 is 0 Å². The number of anilines is 2. The Labute approximate surface area is 110 Å². The van der Waals surface area contributed by atoms with Crippen LogP contribution < -0.4 is 10.6 Å². The molecule has 2 rings (SSSR count). The summed E-state index contributed by atoms with van der Waals surface area (Å²) in [6.45, 7) is 6.69. The summed E-state index contributed by atoms with van der Waals surface area (Å²) < 4.78 is 0. The van der Waals surface area contributed by atoms with Gasteiger partial charge in [0.2, 0.25) is 0 Å². The molecule has 1 aliphatic heterocycles. The van der Waals surface area contributed by atoms with Crippen molar-refractivity contribution >= 4 is 11.4 Å². The van der Waals surface area contributed by atoms with E-state index in [2.05, 4.69) is 40.9 Å². The lowest BCUT2D eigenvalue weighted by Crippen LogP contribution is -2.48. The summed E-state index contributed by atoms with van der Waals surface area (Å²) in [5.41, 5.74) is 8.10. The number of nitrogens with two attached hydrogens (primary N) is 1. The topological polar surface area (TPSA) is 35.7 Å². The molecule has 18 heavy (non-hydrogen) atoms. The Bertz CT molecular complexity index is 370. The van der Waals surface area contributed by atoms with Crippen molar-refractivity contribution in [1.82, 2.24) is 9.80 Å². The number of rotatable bonds is 4. The maximum Gasteiger partial charge on any atom is 0.0600 e. The molecule has 4 heteroatoms. The van der Waals surface area contributed by atoms with Gasteiger partial charge in [0.1, 0.15) is 0 Å². The number of hydrogen-bond acceptors (Lipinski definition) is 4. The molecule has 0 atom stereocenters. The van der Waals surface area contributed by atoms with Gasteiger partial charge >= 0.3 is 0 Å². The fraction of sp³-hybridized carbons (Fsp3) is 0.571. The van der Waals surface area contributed by atoms with E-state index in [1.807, 2.05) is 12.1 Å². The molecule has 0 amide bonds. The molecule has 0 aliphatic carbocycles. The molecular weight excluding hydrogens is 224 g/mol. The number of likely N-dealkylation sites (N-methyl/N-ethyl adjacent to an activating group) is 1. The number of piperazine rings is 1. The quantitative estimate of drug-likeness (QED) is 0.805. The number of hydrogen-bond donors (Lipinski definition) is 1. The molecule has 1 heterocycles. The maximum absolute atomic E-state index is 6.02. The molecular formula is C14H24N4. The zero-order chi connectivity index (χ0) is 13.0. The first-order valence-electron chi connectivity index (χ1n) is 6.63. The molecule has 2 N–H and O–H groups in total. The highest BCUT2D eigenvalue weighted by Crippen LogP contribution is 2.23. The van der Waals surface area contributed by atoms with Gasteiger partial charge in [-0.1, -0.05) is 12.1 Å². The van der Waals surface area contributed by atoms with E-state index < -0.39 is 0 Å². The number of nitrogens with zero attached hydrogens (tertiary/aromatic N) is 3. The van der Waals surface area contributed by atoms with Crippen molar-refractivity contribution in [2.24, 2.45) is 0 Å². The lowest BCUT2D eigenvalue weighted by Gasteiger charge is -2.37. The normalized spacial score (nSPS) is 17.4. The second-order valence-electron chi connectivity index (χ2n) is 5.19. The van der Waals surface area contributed by atoms with Crippen LogP contribution in [0.4, 0.5) is 11.4 Å². The van der Waals surface area contributed by atoms with Gasteiger partial charge in [-0.05, 0) is 26.2 Å². The van der Waals surface area contributed by atoms with Gasteiger partial charge < -0.3 is 15.5 Å². The fourth-order valence-corrected chi connectivity index (χ4v) is 2.33. The average molecular weight is 248 g/mol. The van der Waals surface area contributed by atoms with E-state index in [-0.39, 0.29) is 0 Å². The van der Waals surface area contributed by atoms with Gasteiger partial charge in [-0.2, -0.15) is 0 Å². The second kappa shape index (κ2) is 6.07. The summed E-state index contributed by atoms with van der Waals surface area (Å²) in [5.74, 6) is 0. The van der Waals surface area contributed by atoms with E-state index in [0.717, 1.165) is 45.0 Å². The van der Waals surface area contributed by atoms with E-state index in [1.54, 1.807) is 0 Å². The van der Waals surface area contributed by atoms with Crippen LogP contribution in [0.25, 0.3) is 0 Å². The highest BCUT2D eigenvalue weighted by atomic mass is 15.3. The summed E-state index contributed by atoms with van der Waals surface area (Å²) in [7, 11) is 4.25. The molecule has 1 aliphatic rings. The van der Waals surface area contributed by atoms with Crippen molar-refractivity contribution in [2.75, 3.05) is 64.0 Å². The molecule has 0 radical (unpaired) electrons. The van der Waals surface area contributed by atoms with Gasteiger partial charge in [-0.3, -0.25) is 4.90 Å². The summed E-state index contributed by atoms with van der Waals surface area (Å²) in [6.07, 6.45) is 0. The molecule has 0 saturated carbocycles. The van der Waals surface area contributed by atoms with Gasteiger partial charge in [0, 0.05) is 39.3 Å². The lowest BCUT2D eigenvalue weighted by atomic mass is 10.2. The first-order chi connectivity index (χ1) is 8.66. The van der Waals surface area contributed by atoms with Crippen molar-refractivity contribution in [3.05, 3.63) is 24.3 Å². The molecule has 1 aromatic rings. The van der Waals surface area contributed by atoms with Gasteiger partial charge in [0.05, 0.1) is 11.4 Å². The van der Waals surface area contributed by atoms with E-state index in [0.29, 0.717) is 0 Å². The Balaban J connectivity index is 1.85. The van der Waals surface area contributed by atoms with E-state index >= 15 is 0 Å². The summed E-state index contributed by atoms with van der Waals surface area (Å²) in [5, 5.41) is 0. The van der Waals surface area contributed by atoms with E-state index in [1.165, 1.54) is 5.69 Å². The van der Waals surface area contributed by atoms with Crippen molar-refractivity contribution in [2.45, 2.75) is 0 Å². The largest absolute Gasteiger partial charge is 0.397 e. The number of para-hydroxylation sites is 2. The Kier molecular flexibility index (Phi) is 4.44. The Morgan fingerprint density at radius 1 is 1.11 bits per heavy atom. The van der Waals surface area contributed by atoms with Crippen LogP contribution in [0, 0.1) is 0 Å². The predicted molar refractivity (Wildman–Crippen MR) is 78.1 cm³/mol. The van der Waals surface area contributed by atoms with Crippen LogP contribution in [-0.2, 0) is 0 Å². The maximum atomic E-state index is 6.02. The van der Waals surface area contributed by atoms with Crippen LogP contribution in [0.15, 0.2) is 24.3 Å². The van der Waals surface area contributed by atoms with Crippen LogP contribution in [0.1, 0.15) is 0 Å².